The second-order valence-electron chi connectivity index (χ2n) is 9.17. The summed E-state index contributed by atoms with van der Waals surface area (Å²) in [6.45, 7) is -0.159. The molecular weight excluding hydrogens is 531 g/mol. The lowest BCUT2D eigenvalue weighted by Crippen LogP contribution is -2.53. The second kappa shape index (κ2) is 13.2. The average molecular weight is 560 g/mol. The first-order chi connectivity index (χ1) is 17.9. The molecule has 1 atom stereocenters. The second-order valence-corrected chi connectivity index (χ2v) is 10.4. The van der Waals surface area contributed by atoms with Crippen molar-refractivity contribution in [1.29, 1.82) is 0 Å². The Morgan fingerprint density at radius 2 is 1.62 bits per heavy atom. The molecule has 8 heteroatoms. The molecule has 0 heterocycles. The average Bonchev–Trinajstić information content (AvgIpc) is 3.40. The van der Waals surface area contributed by atoms with E-state index in [1.165, 1.54) is 0 Å². The Morgan fingerprint density at radius 1 is 0.919 bits per heavy atom. The predicted molar refractivity (Wildman–Crippen MR) is 148 cm³/mol. The zero-order valence-corrected chi connectivity index (χ0v) is 22.6. The topological polar surface area (TPSA) is 58.6 Å². The van der Waals surface area contributed by atoms with Crippen molar-refractivity contribution in [2.24, 2.45) is 0 Å². The van der Waals surface area contributed by atoms with Gasteiger partial charge in [-0.05, 0) is 48.2 Å². The SMILES string of the molecule is O=C(NC1CCCC1)[C@H](Cc1ccccc1)N(Cc1ccc(Cl)cc1Cl)C(=O)COc1ccccc1Cl. The van der Waals surface area contributed by atoms with Crippen molar-refractivity contribution in [1.82, 2.24) is 10.2 Å². The van der Waals surface area contributed by atoms with E-state index in [1.54, 1.807) is 47.4 Å². The summed E-state index contributed by atoms with van der Waals surface area (Å²) in [5.41, 5.74) is 1.63. The largest absolute Gasteiger partial charge is 0.482 e. The van der Waals surface area contributed by atoms with Crippen molar-refractivity contribution in [3.8, 4) is 5.75 Å². The molecule has 2 amide bonds. The van der Waals surface area contributed by atoms with Crippen LogP contribution in [0.5, 0.6) is 5.75 Å². The summed E-state index contributed by atoms with van der Waals surface area (Å²) >= 11 is 18.8. The normalized spacial score (nSPS) is 14.2. The fourth-order valence-corrected chi connectivity index (χ4v) is 5.20. The minimum atomic E-state index is -0.767. The Morgan fingerprint density at radius 3 is 2.32 bits per heavy atom. The molecule has 1 fully saturated rings. The summed E-state index contributed by atoms with van der Waals surface area (Å²) in [5.74, 6) is -0.141. The molecule has 0 radical (unpaired) electrons. The van der Waals surface area contributed by atoms with Gasteiger partial charge in [0.1, 0.15) is 11.8 Å². The fourth-order valence-electron chi connectivity index (χ4n) is 4.54. The number of nitrogens with zero attached hydrogens (tertiary/aromatic N) is 1. The standard InChI is InChI=1S/C29H29Cl3N2O3/c30-22-15-14-21(25(32)17-22)18-34(28(35)19-37-27-13-7-6-12-24(27)31)26(16-20-8-2-1-3-9-20)29(36)33-23-10-4-5-11-23/h1-3,6-9,12-15,17,23,26H,4-5,10-11,16,18-19H2,(H,33,36)/t26-/m0/s1. The maximum atomic E-state index is 13.7. The molecule has 3 aromatic carbocycles. The number of para-hydroxylation sites is 1. The van der Waals surface area contributed by atoms with Gasteiger partial charge in [0.25, 0.3) is 5.91 Å². The number of carbonyl (C=O) groups excluding carboxylic acids is 2. The monoisotopic (exact) mass is 558 g/mol. The number of nitrogens with one attached hydrogen (secondary N) is 1. The van der Waals surface area contributed by atoms with Crippen molar-refractivity contribution >= 4 is 46.6 Å². The van der Waals surface area contributed by atoms with E-state index in [2.05, 4.69) is 5.32 Å². The van der Waals surface area contributed by atoms with Crippen LogP contribution in [0.25, 0.3) is 0 Å². The van der Waals surface area contributed by atoms with Gasteiger partial charge in [-0.15, -0.1) is 0 Å². The molecule has 0 aromatic heterocycles. The fraction of sp³-hybridized carbons (Fsp3) is 0.310. The van der Waals surface area contributed by atoms with Gasteiger partial charge in [0.15, 0.2) is 6.61 Å². The minimum absolute atomic E-state index is 0.112. The van der Waals surface area contributed by atoms with E-state index >= 15 is 0 Å². The van der Waals surface area contributed by atoms with E-state index in [0.717, 1.165) is 31.2 Å². The van der Waals surface area contributed by atoms with Gasteiger partial charge in [-0.3, -0.25) is 9.59 Å². The van der Waals surface area contributed by atoms with Gasteiger partial charge in [-0.2, -0.15) is 0 Å². The molecule has 1 saturated carbocycles. The van der Waals surface area contributed by atoms with Crippen molar-refractivity contribution in [3.63, 3.8) is 0 Å². The van der Waals surface area contributed by atoms with Crippen LogP contribution in [-0.2, 0) is 22.6 Å². The molecule has 0 bridgehead atoms. The lowest BCUT2D eigenvalue weighted by Gasteiger charge is -2.32. The highest BCUT2D eigenvalue weighted by Crippen LogP contribution is 2.26. The molecular formula is C29H29Cl3N2O3. The van der Waals surface area contributed by atoms with Gasteiger partial charge < -0.3 is 15.0 Å². The summed E-state index contributed by atoms with van der Waals surface area (Å²) < 4.78 is 5.77. The van der Waals surface area contributed by atoms with Gasteiger partial charge in [-0.25, -0.2) is 0 Å². The molecule has 194 valence electrons. The van der Waals surface area contributed by atoms with Crippen LogP contribution >= 0.6 is 34.8 Å². The molecule has 0 spiro atoms. The maximum Gasteiger partial charge on any atom is 0.261 e. The smallest absolute Gasteiger partial charge is 0.261 e. The van der Waals surface area contributed by atoms with Gasteiger partial charge in [0, 0.05) is 29.1 Å². The van der Waals surface area contributed by atoms with E-state index in [4.69, 9.17) is 39.5 Å². The highest BCUT2D eigenvalue weighted by Gasteiger charge is 2.32. The third-order valence-electron chi connectivity index (χ3n) is 6.52. The third kappa shape index (κ3) is 7.64. The van der Waals surface area contributed by atoms with Gasteiger partial charge in [-0.1, -0.05) is 96.2 Å². The Labute approximate surface area is 232 Å². The van der Waals surface area contributed by atoms with E-state index in [1.807, 2.05) is 30.3 Å². The predicted octanol–water partition coefficient (Wildman–Crippen LogP) is 6.72. The Kier molecular flexibility index (Phi) is 9.73. The van der Waals surface area contributed by atoms with Crippen LogP contribution in [0.3, 0.4) is 0 Å². The van der Waals surface area contributed by atoms with Crippen LogP contribution < -0.4 is 10.1 Å². The van der Waals surface area contributed by atoms with Crippen LogP contribution in [0.2, 0.25) is 15.1 Å². The van der Waals surface area contributed by atoms with Crippen LogP contribution in [0.4, 0.5) is 0 Å². The van der Waals surface area contributed by atoms with Gasteiger partial charge >= 0.3 is 0 Å². The summed E-state index contributed by atoms with van der Waals surface area (Å²) in [7, 11) is 0. The number of rotatable bonds is 10. The molecule has 3 aromatic rings. The lowest BCUT2D eigenvalue weighted by molar-refractivity contribution is -0.143. The molecule has 4 rings (SSSR count). The number of benzene rings is 3. The van der Waals surface area contributed by atoms with Crippen molar-refractivity contribution in [2.75, 3.05) is 6.61 Å². The van der Waals surface area contributed by atoms with E-state index in [-0.39, 0.29) is 31.0 Å². The summed E-state index contributed by atoms with van der Waals surface area (Å²) in [6, 6.07) is 21.1. The molecule has 1 N–H and O–H groups in total. The molecule has 1 aliphatic rings. The van der Waals surface area contributed by atoms with Crippen molar-refractivity contribution in [3.05, 3.63) is 99.0 Å². The van der Waals surface area contributed by atoms with E-state index in [9.17, 15) is 9.59 Å². The Hall–Kier alpha value is -2.73. The lowest BCUT2D eigenvalue weighted by atomic mass is 10.0. The first-order valence-electron chi connectivity index (χ1n) is 12.4. The number of amides is 2. The quantitative estimate of drug-likeness (QED) is 0.300. The highest BCUT2D eigenvalue weighted by atomic mass is 35.5. The number of carbonyl (C=O) groups is 2. The van der Waals surface area contributed by atoms with E-state index in [0.29, 0.717) is 32.8 Å². The van der Waals surface area contributed by atoms with Crippen LogP contribution in [-0.4, -0.2) is 35.4 Å². The molecule has 0 aliphatic heterocycles. The van der Waals surface area contributed by atoms with Gasteiger partial charge in [0.05, 0.1) is 5.02 Å². The Bertz CT molecular complexity index is 1220. The zero-order chi connectivity index (χ0) is 26.2. The van der Waals surface area contributed by atoms with Crippen molar-refractivity contribution < 1.29 is 14.3 Å². The summed E-state index contributed by atoms with van der Waals surface area (Å²) in [4.78, 5) is 28.9. The maximum absolute atomic E-state index is 13.7. The minimum Gasteiger partial charge on any atom is -0.482 e. The molecule has 0 unspecified atom stereocenters. The first-order valence-corrected chi connectivity index (χ1v) is 13.5. The summed E-state index contributed by atoms with van der Waals surface area (Å²) in [5, 5.41) is 4.50. The van der Waals surface area contributed by atoms with Crippen LogP contribution in [0.15, 0.2) is 72.8 Å². The zero-order valence-electron chi connectivity index (χ0n) is 20.3. The van der Waals surface area contributed by atoms with E-state index < -0.39 is 6.04 Å². The molecule has 5 nitrogen and oxygen atoms in total. The highest BCUT2D eigenvalue weighted by molar-refractivity contribution is 6.35. The number of ether oxygens (including phenoxy) is 1. The van der Waals surface area contributed by atoms with Crippen LogP contribution in [0.1, 0.15) is 36.8 Å². The molecule has 0 saturated heterocycles. The first kappa shape index (κ1) is 27.3. The Balaban J connectivity index is 1.64. The van der Waals surface area contributed by atoms with Gasteiger partial charge in [0.2, 0.25) is 5.91 Å². The van der Waals surface area contributed by atoms with Crippen LogP contribution in [0, 0.1) is 0 Å². The number of hydrogen-bond donors (Lipinski definition) is 1. The third-order valence-corrected chi connectivity index (χ3v) is 7.42. The number of halogens is 3. The summed E-state index contributed by atoms with van der Waals surface area (Å²) in [6.07, 6.45) is 4.40. The molecule has 1 aliphatic carbocycles. The number of hydrogen-bond acceptors (Lipinski definition) is 3. The van der Waals surface area contributed by atoms with Crippen molar-refractivity contribution in [2.45, 2.75) is 50.7 Å². The molecule has 37 heavy (non-hydrogen) atoms.